The van der Waals surface area contributed by atoms with Crippen LogP contribution in [0.15, 0.2) is 35.7 Å². The van der Waals surface area contributed by atoms with Gasteiger partial charge in [0, 0.05) is 16.5 Å². The minimum Gasteiger partial charge on any atom is -0.373 e. The van der Waals surface area contributed by atoms with E-state index in [1.165, 1.54) is 11.3 Å². The maximum Gasteiger partial charge on any atom is 0.205 e. The van der Waals surface area contributed by atoms with Gasteiger partial charge in [0.1, 0.15) is 6.23 Å². The van der Waals surface area contributed by atoms with Crippen LogP contribution < -0.4 is 0 Å². The van der Waals surface area contributed by atoms with E-state index in [-0.39, 0.29) is 5.78 Å². The summed E-state index contributed by atoms with van der Waals surface area (Å²) in [5.74, 6) is -0.0485. The number of carbonyl (C=O) groups excluding carboxylic acids is 1. The lowest BCUT2D eigenvalue weighted by molar-refractivity contribution is 0.101. The van der Waals surface area contributed by atoms with Gasteiger partial charge in [-0.1, -0.05) is 36.7 Å². The summed E-state index contributed by atoms with van der Waals surface area (Å²) in [5, 5.41) is 13.5. The van der Waals surface area contributed by atoms with E-state index in [0.29, 0.717) is 21.9 Å². The zero-order chi connectivity index (χ0) is 15.9. The first kappa shape index (κ1) is 15.3. The Morgan fingerprint density at radius 2 is 2.14 bits per heavy atom. The van der Waals surface area contributed by atoms with Crippen LogP contribution in [-0.2, 0) is 0 Å². The minimum absolute atomic E-state index is 0.0485. The highest BCUT2D eigenvalue weighted by Crippen LogP contribution is 2.32. The molecule has 3 rings (SSSR count). The van der Waals surface area contributed by atoms with E-state index >= 15 is 0 Å². The fourth-order valence-corrected chi connectivity index (χ4v) is 3.82. The summed E-state index contributed by atoms with van der Waals surface area (Å²) in [6, 6.07) is 9.36. The van der Waals surface area contributed by atoms with E-state index in [4.69, 9.17) is 11.6 Å². The van der Waals surface area contributed by atoms with Gasteiger partial charge in [-0.05, 0) is 25.5 Å². The molecule has 1 unspecified atom stereocenters. The molecule has 0 aliphatic carbocycles. The average Bonchev–Trinajstić information content (AvgIpc) is 3.07. The first-order valence-electron chi connectivity index (χ1n) is 7.11. The lowest BCUT2D eigenvalue weighted by Crippen LogP contribution is -2.10. The summed E-state index contributed by atoms with van der Waals surface area (Å²) in [7, 11) is 0. The van der Waals surface area contributed by atoms with Crippen LogP contribution >= 0.6 is 22.9 Å². The molecular weight excluding hydrogens is 318 g/mol. The summed E-state index contributed by atoms with van der Waals surface area (Å²) in [5.41, 5.74) is 2.30. The van der Waals surface area contributed by atoms with Crippen molar-refractivity contribution in [2.45, 2.75) is 26.5 Å². The number of fused-ring (bicyclic) bond motifs is 1. The van der Waals surface area contributed by atoms with Crippen LogP contribution in [0.2, 0.25) is 5.02 Å². The van der Waals surface area contributed by atoms with Crippen molar-refractivity contribution in [2.75, 3.05) is 0 Å². The molecule has 1 atom stereocenters. The topological polar surface area (TPSA) is 42.2 Å². The minimum atomic E-state index is -0.640. The highest BCUT2D eigenvalue weighted by molar-refractivity contribution is 7.12. The quantitative estimate of drug-likeness (QED) is 0.697. The van der Waals surface area contributed by atoms with Gasteiger partial charge in [0.2, 0.25) is 5.78 Å². The Hall–Kier alpha value is -1.62. The summed E-state index contributed by atoms with van der Waals surface area (Å²) in [6.45, 7) is 3.79. The number of nitrogens with zero attached hydrogens (tertiary/aromatic N) is 1. The molecule has 5 heteroatoms. The summed E-state index contributed by atoms with van der Waals surface area (Å²) < 4.78 is 1.83. The van der Waals surface area contributed by atoms with Crippen LogP contribution in [0.4, 0.5) is 0 Å². The highest BCUT2D eigenvalue weighted by Gasteiger charge is 2.24. The third-order valence-corrected chi connectivity index (χ3v) is 5.11. The number of benzene rings is 1. The van der Waals surface area contributed by atoms with Gasteiger partial charge in [0.05, 0.1) is 21.0 Å². The lowest BCUT2D eigenvalue weighted by atomic mass is 10.1. The number of ketones is 1. The van der Waals surface area contributed by atoms with E-state index in [1.54, 1.807) is 11.4 Å². The van der Waals surface area contributed by atoms with Crippen molar-refractivity contribution in [2.24, 2.45) is 0 Å². The first-order chi connectivity index (χ1) is 10.5. The van der Waals surface area contributed by atoms with E-state index in [2.05, 4.69) is 0 Å². The number of aromatic nitrogens is 1. The molecule has 0 spiro atoms. The molecule has 0 radical (unpaired) electrons. The van der Waals surface area contributed by atoms with Gasteiger partial charge in [-0.25, -0.2) is 0 Å². The molecule has 0 saturated heterocycles. The average molecular weight is 334 g/mol. The second-order valence-electron chi connectivity index (χ2n) is 5.19. The molecule has 0 amide bonds. The van der Waals surface area contributed by atoms with Crippen molar-refractivity contribution in [1.82, 2.24) is 4.57 Å². The van der Waals surface area contributed by atoms with Crippen molar-refractivity contribution in [3.8, 4) is 0 Å². The molecular formula is C17H16ClNO2S. The van der Waals surface area contributed by atoms with Crippen molar-refractivity contribution >= 4 is 39.6 Å². The lowest BCUT2D eigenvalue weighted by Gasteiger charge is -2.14. The summed E-state index contributed by atoms with van der Waals surface area (Å²) in [6.07, 6.45) is -0.0591. The molecule has 2 heterocycles. The van der Waals surface area contributed by atoms with Gasteiger partial charge in [0.25, 0.3) is 0 Å². The van der Waals surface area contributed by atoms with E-state index in [0.717, 1.165) is 16.6 Å². The maximum atomic E-state index is 12.9. The number of halogens is 1. The maximum absolute atomic E-state index is 12.9. The van der Waals surface area contributed by atoms with Crippen molar-refractivity contribution < 1.29 is 9.90 Å². The van der Waals surface area contributed by atoms with Crippen LogP contribution in [0.1, 0.15) is 40.5 Å². The van der Waals surface area contributed by atoms with E-state index < -0.39 is 6.23 Å². The van der Waals surface area contributed by atoms with Crippen LogP contribution in [-0.4, -0.2) is 15.5 Å². The SMILES string of the molecule is CCC(O)n1c(C)c(C(=O)c2cc(Cl)cs2)c2ccccc21. The third-order valence-electron chi connectivity index (χ3n) is 3.84. The number of rotatable bonds is 4. The molecule has 0 aliphatic rings. The Kier molecular flexibility index (Phi) is 4.08. The largest absolute Gasteiger partial charge is 0.373 e. The fourth-order valence-electron chi connectivity index (χ4n) is 2.80. The Morgan fingerprint density at radius 3 is 2.77 bits per heavy atom. The second-order valence-corrected chi connectivity index (χ2v) is 6.54. The van der Waals surface area contributed by atoms with Crippen molar-refractivity contribution in [1.29, 1.82) is 0 Å². The van der Waals surface area contributed by atoms with Gasteiger partial charge in [0.15, 0.2) is 0 Å². The Balaban J connectivity index is 2.26. The number of hydrogen-bond acceptors (Lipinski definition) is 3. The molecule has 1 N–H and O–H groups in total. The van der Waals surface area contributed by atoms with Crippen molar-refractivity contribution in [3.63, 3.8) is 0 Å². The first-order valence-corrected chi connectivity index (χ1v) is 8.36. The van der Waals surface area contributed by atoms with Gasteiger partial charge >= 0.3 is 0 Å². The number of hydrogen-bond donors (Lipinski definition) is 1. The van der Waals surface area contributed by atoms with Crippen LogP contribution in [0.25, 0.3) is 10.9 Å². The number of carbonyl (C=O) groups is 1. The van der Waals surface area contributed by atoms with Crippen LogP contribution in [0.5, 0.6) is 0 Å². The molecule has 0 aliphatic heterocycles. The van der Waals surface area contributed by atoms with Crippen LogP contribution in [0.3, 0.4) is 0 Å². The van der Waals surface area contributed by atoms with E-state index in [9.17, 15) is 9.90 Å². The standard InChI is InChI=1S/C17H16ClNO2S/c1-3-15(20)19-10(2)16(12-6-4-5-7-13(12)19)17(21)14-8-11(18)9-22-14/h4-9,15,20H,3H2,1-2H3. The van der Waals surface area contributed by atoms with Gasteiger partial charge in [-0.2, -0.15) is 0 Å². The van der Waals surface area contributed by atoms with Gasteiger partial charge in [-0.15, -0.1) is 11.3 Å². The molecule has 1 aromatic carbocycles. The highest BCUT2D eigenvalue weighted by atomic mass is 35.5. The van der Waals surface area contributed by atoms with Crippen molar-refractivity contribution in [3.05, 3.63) is 56.9 Å². The molecule has 0 fully saturated rings. The predicted octanol–water partition coefficient (Wildman–Crippen LogP) is 4.80. The Bertz CT molecular complexity index is 850. The summed E-state index contributed by atoms with van der Waals surface area (Å²) in [4.78, 5) is 13.5. The molecule has 2 aromatic heterocycles. The summed E-state index contributed by atoms with van der Waals surface area (Å²) >= 11 is 7.28. The predicted molar refractivity (Wildman–Crippen MR) is 91.0 cm³/mol. The molecule has 0 saturated carbocycles. The van der Waals surface area contributed by atoms with Crippen LogP contribution in [0, 0.1) is 6.92 Å². The number of aliphatic hydroxyl groups excluding tert-OH is 1. The zero-order valence-electron chi connectivity index (χ0n) is 12.3. The molecule has 3 aromatic rings. The smallest absolute Gasteiger partial charge is 0.205 e. The zero-order valence-corrected chi connectivity index (χ0v) is 13.9. The van der Waals surface area contributed by atoms with Gasteiger partial charge < -0.3 is 9.67 Å². The third kappa shape index (κ3) is 2.37. The number of para-hydroxylation sites is 1. The molecule has 0 bridgehead atoms. The number of aliphatic hydroxyl groups is 1. The Labute approximate surface area is 137 Å². The van der Waals surface area contributed by atoms with E-state index in [1.807, 2.05) is 42.7 Å². The van der Waals surface area contributed by atoms with Gasteiger partial charge in [-0.3, -0.25) is 4.79 Å². The second kappa shape index (κ2) is 5.88. The molecule has 22 heavy (non-hydrogen) atoms. The normalized spacial score (nSPS) is 12.7. The molecule has 3 nitrogen and oxygen atoms in total. The fraction of sp³-hybridized carbons (Fsp3) is 0.235. The Morgan fingerprint density at radius 1 is 1.41 bits per heavy atom. The number of thiophene rings is 1. The molecule has 114 valence electrons. The monoisotopic (exact) mass is 333 g/mol.